The number of benzene rings is 2. The van der Waals surface area contributed by atoms with E-state index in [1.54, 1.807) is 12.1 Å². The van der Waals surface area contributed by atoms with Gasteiger partial charge in [0.05, 0.1) is 17.9 Å². The van der Waals surface area contributed by atoms with Crippen LogP contribution in [0.4, 0.5) is 17.1 Å². The number of nitrogens with one attached hydrogen (secondary N) is 2. The first kappa shape index (κ1) is 19.8. The number of thioether (sulfide) groups is 1. The van der Waals surface area contributed by atoms with E-state index in [0.29, 0.717) is 17.8 Å². The Morgan fingerprint density at radius 3 is 2.79 bits per heavy atom. The molecule has 29 heavy (non-hydrogen) atoms. The Labute approximate surface area is 175 Å². The molecule has 4 rings (SSSR count). The fourth-order valence-electron chi connectivity index (χ4n) is 3.79. The largest absolute Gasteiger partial charge is 0.364 e. The summed E-state index contributed by atoms with van der Waals surface area (Å²) < 4.78 is 0. The monoisotopic (exact) mass is 410 g/mol. The molecule has 0 spiro atoms. The van der Waals surface area contributed by atoms with Gasteiger partial charge in [0.25, 0.3) is 5.91 Å². The maximum Gasteiger partial charge on any atom is 0.255 e. The fraction of sp³-hybridized carbons (Fsp3) is 0.364. The van der Waals surface area contributed by atoms with Crippen molar-refractivity contribution < 1.29 is 9.59 Å². The Kier molecular flexibility index (Phi) is 5.78. The Bertz CT molecular complexity index is 940. The number of hydrogen-bond acceptors (Lipinski definition) is 5. The predicted octanol–water partition coefficient (Wildman–Crippen LogP) is 3.18. The van der Waals surface area contributed by atoms with Crippen molar-refractivity contribution in [2.24, 2.45) is 0 Å². The first-order chi connectivity index (χ1) is 14.0. The molecular weight excluding hydrogens is 384 g/mol. The van der Waals surface area contributed by atoms with Gasteiger partial charge in [0.1, 0.15) is 0 Å². The van der Waals surface area contributed by atoms with Crippen LogP contribution >= 0.6 is 11.8 Å². The maximum absolute atomic E-state index is 12.9. The number of hydrogen-bond donors (Lipinski definition) is 2. The lowest BCUT2D eigenvalue weighted by Crippen LogP contribution is -2.35. The number of likely N-dealkylation sites (N-methyl/N-ethyl adjacent to an activating group) is 1. The van der Waals surface area contributed by atoms with Gasteiger partial charge in [-0.2, -0.15) is 11.8 Å². The summed E-state index contributed by atoms with van der Waals surface area (Å²) in [6.07, 6.45) is 0. The first-order valence-corrected chi connectivity index (χ1v) is 11.0. The number of amides is 2. The summed E-state index contributed by atoms with van der Waals surface area (Å²) >= 11 is 2.00. The van der Waals surface area contributed by atoms with Gasteiger partial charge in [0.15, 0.2) is 0 Å². The third kappa shape index (κ3) is 4.41. The van der Waals surface area contributed by atoms with Crippen LogP contribution < -0.4 is 15.5 Å². The second-order valence-electron chi connectivity index (χ2n) is 7.57. The molecule has 1 saturated heterocycles. The highest BCUT2D eigenvalue weighted by Gasteiger charge is 2.21. The lowest BCUT2D eigenvalue weighted by atomic mass is 10.0. The second-order valence-corrected chi connectivity index (χ2v) is 8.79. The minimum atomic E-state index is -0.176. The molecule has 0 aliphatic carbocycles. The molecule has 7 heteroatoms. The quantitative estimate of drug-likeness (QED) is 0.811. The zero-order chi connectivity index (χ0) is 20.4. The van der Waals surface area contributed by atoms with Crippen molar-refractivity contribution >= 4 is 40.6 Å². The topological polar surface area (TPSA) is 64.7 Å². The average molecular weight is 411 g/mol. The highest BCUT2D eigenvalue weighted by molar-refractivity contribution is 7.99. The Balaban J connectivity index is 1.50. The summed E-state index contributed by atoms with van der Waals surface area (Å²) in [6.45, 7) is 5.51. The fourth-order valence-corrected chi connectivity index (χ4v) is 4.76. The number of carbonyl (C=O) groups excluding carboxylic acids is 2. The van der Waals surface area contributed by atoms with E-state index < -0.39 is 0 Å². The lowest BCUT2D eigenvalue weighted by Gasteiger charge is -2.27. The minimum absolute atomic E-state index is 0.0720. The van der Waals surface area contributed by atoms with Gasteiger partial charge >= 0.3 is 0 Å². The van der Waals surface area contributed by atoms with Crippen molar-refractivity contribution in [1.29, 1.82) is 0 Å². The van der Waals surface area contributed by atoms with Crippen LogP contribution in [0.2, 0.25) is 0 Å². The molecule has 2 N–H and O–H groups in total. The Hall–Kier alpha value is -2.51. The van der Waals surface area contributed by atoms with Crippen LogP contribution in [0.15, 0.2) is 36.4 Å². The van der Waals surface area contributed by atoms with Gasteiger partial charge in [-0.1, -0.05) is 12.1 Å². The molecule has 0 aromatic heterocycles. The normalized spacial score (nSPS) is 16.9. The lowest BCUT2D eigenvalue weighted by molar-refractivity contribution is -0.115. The molecule has 2 aromatic carbocycles. The highest BCUT2D eigenvalue weighted by atomic mass is 32.2. The Morgan fingerprint density at radius 2 is 2.00 bits per heavy atom. The van der Waals surface area contributed by atoms with Gasteiger partial charge in [0, 0.05) is 49.4 Å². The van der Waals surface area contributed by atoms with Crippen LogP contribution in [-0.2, 0) is 11.3 Å². The van der Waals surface area contributed by atoms with Gasteiger partial charge in [-0.05, 0) is 42.3 Å². The molecule has 2 aromatic rings. The van der Waals surface area contributed by atoms with Crippen molar-refractivity contribution in [3.63, 3.8) is 0 Å². The zero-order valence-electron chi connectivity index (χ0n) is 16.8. The molecule has 6 nitrogen and oxygen atoms in total. The molecule has 0 saturated carbocycles. The van der Waals surface area contributed by atoms with Crippen molar-refractivity contribution in [2.75, 3.05) is 53.7 Å². The van der Waals surface area contributed by atoms with E-state index in [1.165, 1.54) is 17.1 Å². The molecule has 0 atom stereocenters. The van der Waals surface area contributed by atoms with Crippen molar-refractivity contribution in [3.05, 3.63) is 53.1 Å². The summed E-state index contributed by atoms with van der Waals surface area (Å²) in [5.74, 6) is 2.11. The standard InChI is InChI=1S/C22H26N4O2S/c1-15-17(13-26-8-10-29-11-9-26)4-3-5-18(15)24-22(28)16-6-7-20-19(12-16)23-21(27)14-25(20)2/h3-7,12H,8-11,13-14H2,1-2H3,(H,23,27)(H,24,28). The summed E-state index contributed by atoms with van der Waals surface area (Å²) in [4.78, 5) is 29.0. The average Bonchev–Trinajstić information content (AvgIpc) is 2.71. The van der Waals surface area contributed by atoms with E-state index in [4.69, 9.17) is 0 Å². The van der Waals surface area contributed by atoms with Crippen LogP contribution in [0.25, 0.3) is 0 Å². The highest BCUT2D eigenvalue weighted by Crippen LogP contribution is 2.30. The van der Waals surface area contributed by atoms with E-state index in [-0.39, 0.29) is 11.8 Å². The van der Waals surface area contributed by atoms with Crippen LogP contribution in [0.5, 0.6) is 0 Å². The number of anilines is 3. The van der Waals surface area contributed by atoms with Gasteiger partial charge in [0.2, 0.25) is 5.91 Å². The predicted molar refractivity (Wildman–Crippen MR) is 120 cm³/mol. The van der Waals surface area contributed by atoms with Crippen LogP contribution in [0, 0.1) is 6.92 Å². The van der Waals surface area contributed by atoms with E-state index in [2.05, 4.69) is 28.5 Å². The number of carbonyl (C=O) groups is 2. The van der Waals surface area contributed by atoms with E-state index in [9.17, 15) is 9.59 Å². The van der Waals surface area contributed by atoms with E-state index >= 15 is 0 Å². The number of nitrogens with zero attached hydrogens (tertiary/aromatic N) is 2. The van der Waals surface area contributed by atoms with Crippen LogP contribution in [0.3, 0.4) is 0 Å². The molecule has 0 bridgehead atoms. The van der Waals surface area contributed by atoms with E-state index in [0.717, 1.165) is 36.6 Å². The van der Waals surface area contributed by atoms with E-state index in [1.807, 2.05) is 41.9 Å². The SMILES string of the molecule is Cc1c(CN2CCSCC2)cccc1NC(=O)c1ccc2c(c1)NC(=O)CN2C. The first-order valence-electron chi connectivity index (χ1n) is 9.86. The van der Waals surface area contributed by atoms with Gasteiger partial charge < -0.3 is 15.5 Å². The molecule has 152 valence electrons. The number of rotatable bonds is 4. The van der Waals surface area contributed by atoms with Crippen LogP contribution in [0.1, 0.15) is 21.5 Å². The molecule has 1 fully saturated rings. The van der Waals surface area contributed by atoms with Crippen molar-refractivity contribution in [3.8, 4) is 0 Å². The second kappa shape index (κ2) is 8.47. The van der Waals surface area contributed by atoms with Gasteiger partial charge in [-0.25, -0.2) is 0 Å². The smallest absolute Gasteiger partial charge is 0.255 e. The number of fused-ring (bicyclic) bond motifs is 1. The van der Waals surface area contributed by atoms with Crippen molar-refractivity contribution in [1.82, 2.24) is 4.90 Å². The molecule has 2 aliphatic rings. The third-order valence-electron chi connectivity index (χ3n) is 5.52. The molecular formula is C22H26N4O2S. The molecule has 2 aliphatic heterocycles. The molecule has 2 amide bonds. The van der Waals surface area contributed by atoms with Crippen molar-refractivity contribution in [2.45, 2.75) is 13.5 Å². The Morgan fingerprint density at radius 1 is 1.21 bits per heavy atom. The summed E-state index contributed by atoms with van der Waals surface area (Å²) in [5.41, 5.74) is 5.29. The molecule has 0 unspecified atom stereocenters. The molecule has 0 radical (unpaired) electrons. The van der Waals surface area contributed by atoms with Crippen LogP contribution in [-0.4, -0.2) is 54.9 Å². The summed E-state index contributed by atoms with van der Waals surface area (Å²) in [7, 11) is 1.87. The molecule has 2 heterocycles. The van der Waals surface area contributed by atoms with Gasteiger partial charge in [-0.3, -0.25) is 14.5 Å². The minimum Gasteiger partial charge on any atom is -0.364 e. The summed E-state index contributed by atoms with van der Waals surface area (Å²) in [6, 6.07) is 11.5. The zero-order valence-corrected chi connectivity index (χ0v) is 17.6. The third-order valence-corrected chi connectivity index (χ3v) is 6.46. The van der Waals surface area contributed by atoms with Gasteiger partial charge in [-0.15, -0.1) is 0 Å². The maximum atomic E-state index is 12.9. The summed E-state index contributed by atoms with van der Waals surface area (Å²) in [5, 5.41) is 5.89.